The molecule has 8 heteroatoms. The van der Waals surface area contributed by atoms with E-state index in [2.05, 4.69) is 22.4 Å². The highest BCUT2D eigenvalue weighted by Crippen LogP contribution is 2.23. The van der Waals surface area contributed by atoms with Crippen molar-refractivity contribution in [3.05, 3.63) is 65.7 Å². The van der Waals surface area contributed by atoms with Gasteiger partial charge in [0.25, 0.3) is 0 Å². The van der Waals surface area contributed by atoms with Crippen LogP contribution in [0.3, 0.4) is 0 Å². The number of amidine groups is 1. The Bertz CT molecular complexity index is 829. The van der Waals surface area contributed by atoms with Gasteiger partial charge in [-0.15, -0.1) is 0 Å². The van der Waals surface area contributed by atoms with E-state index >= 15 is 0 Å². The fourth-order valence-electron chi connectivity index (χ4n) is 3.12. The normalized spacial score (nSPS) is 20.2. The Morgan fingerprint density at radius 1 is 1.10 bits per heavy atom. The molecular formula is C23H29F2N3O3. The number of aldehydes is 1. The first-order chi connectivity index (χ1) is 15.0. The summed E-state index contributed by atoms with van der Waals surface area (Å²) in [5.74, 6) is 0.289. The molecule has 2 aromatic rings. The number of nitrogens with zero attached hydrogens (tertiary/aromatic N) is 2. The van der Waals surface area contributed by atoms with Crippen molar-refractivity contribution in [3.8, 4) is 5.75 Å². The number of hydrogen-bond donors (Lipinski definition) is 1. The highest BCUT2D eigenvalue weighted by Gasteiger charge is 2.31. The lowest BCUT2D eigenvalue weighted by atomic mass is 9.97. The lowest BCUT2D eigenvalue weighted by Gasteiger charge is -2.30. The van der Waals surface area contributed by atoms with Crippen LogP contribution in [0.25, 0.3) is 0 Å². The largest absolute Gasteiger partial charge is 0.425 e. The van der Waals surface area contributed by atoms with E-state index in [1.54, 1.807) is 12.1 Å². The minimum absolute atomic E-state index is 0.215. The molecule has 1 fully saturated rings. The first-order valence-corrected chi connectivity index (χ1v) is 10.4. The van der Waals surface area contributed by atoms with Gasteiger partial charge in [-0.1, -0.05) is 13.8 Å². The zero-order chi connectivity index (χ0) is 22.6. The Labute approximate surface area is 181 Å². The standard InChI is InChI=1S/C14H18FN3O2.C7H5FO.C2H6/c1-18-8-2-3-10(9-18)13-16-14(17-20-13)19-12-6-4-11(15)5-7-12;8-7-3-1-6(5-9)2-4-7;1-2/h4-7,10,13H,2-3,8-9H2,1H3,(H,16,17);1-5H;1-2H3. The zero-order valence-electron chi connectivity index (χ0n) is 18.1. The minimum Gasteiger partial charge on any atom is -0.425 e. The SMILES string of the molecule is CC.CN1CCCC(C2N=C(Oc3ccc(F)cc3)NO2)C1.O=Cc1ccc(F)cc1. The molecule has 0 spiro atoms. The van der Waals surface area contributed by atoms with Gasteiger partial charge >= 0.3 is 6.02 Å². The van der Waals surface area contributed by atoms with Crippen LogP contribution in [0.4, 0.5) is 8.78 Å². The van der Waals surface area contributed by atoms with E-state index in [0.717, 1.165) is 25.9 Å². The molecule has 0 radical (unpaired) electrons. The Hall–Kier alpha value is -2.84. The summed E-state index contributed by atoms with van der Waals surface area (Å²) in [5.41, 5.74) is 3.19. The molecule has 4 rings (SSSR count). The van der Waals surface area contributed by atoms with E-state index in [1.807, 2.05) is 13.8 Å². The summed E-state index contributed by atoms with van der Waals surface area (Å²) in [7, 11) is 2.11. The van der Waals surface area contributed by atoms with Crippen LogP contribution in [0.1, 0.15) is 37.0 Å². The Morgan fingerprint density at radius 3 is 2.29 bits per heavy atom. The third kappa shape index (κ3) is 8.07. The molecule has 31 heavy (non-hydrogen) atoms. The predicted octanol–water partition coefficient (Wildman–Crippen LogP) is 4.43. The van der Waals surface area contributed by atoms with Gasteiger partial charge in [-0.2, -0.15) is 4.99 Å². The predicted molar refractivity (Wildman–Crippen MR) is 116 cm³/mol. The smallest absolute Gasteiger partial charge is 0.317 e. The van der Waals surface area contributed by atoms with Gasteiger partial charge in [0.1, 0.15) is 23.7 Å². The molecule has 0 aromatic heterocycles. The second-order valence-corrected chi connectivity index (χ2v) is 6.93. The monoisotopic (exact) mass is 433 g/mol. The number of nitrogens with one attached hydrogen (secondary N) is 1. The molecule has 2 aliphatic rings. The van der Waals surface area contributed by atoms with E-state index in [4.69, 9.17) is 9.57 Å². The topological polar surface area (TPSA) is 63.2 Å². The van der Waals surface area contributed by atoms with E-state index in [1.165, 1.54) is 36.4 Å². The highest BCUT2D eigenvalue weighted by atomic mass is 19.1. The number of benzene rings is 2. The average Bonchev–Trinajstić information content (AvgIpc) is 3.26. The number of hydrogen-bond acceptors (Lipinski definition) is 6. The molecule has 2 heterocycles. The van der Waals surface area contributed by atoms with Crippen molar-refractivity contribution in [2.45, 2.75) is 32.9 Å². The quantitative estimate of drug-likeness (QED) is 0.726. The lowest BCUT2D eigenvalue weighted by Crippen LogP contribution is -2.38. The number of piperidine rings is 1. The average molecular weight is 433 g/mol. The lowest BCUT2D eigenvalue weighted by molar-refractivity contribution is -0.0205. The van der Waals surface area contributed by atoms with Gasteiger partial charge in [-0.05, 0) is 75.0 Å². The van der Waals surface area contributed by atoms with Crippen LogP contribution in [-0.2, 0) is 4.84 Å². The molecule has 0 saturated carbocycles. The summed E-state index contributed by atoms with van der Waals surface area (Å²) in [6.07, 6.45) is 2.72. The number of rotatable bonds is 3. The summed E-state index contributed by atoms with van der Waals surface area (Å²) >= 11 is 0. The Kier molecular flexibility index (Phi) is 10.1. The highest BCUT2D eigenvalue weighted by molar-refractivity contribution is 5.76. The molecule has 0 amide bonds. The van der Waals surface area contributed by atoms with Crippen LogP contribution in [0, 0.1) is 17.6 Å². The van der Waals surface area contributed by atoms with Crippen molar-refractivity contribution in [2.75, 3.05) is 20.1 Å². The molecular weight excluding hydrogens is 404 g/mol. The minimum atomic E-state index is -0.319. The number of hydroxylamine groups is 1. The Morgan fingerprint density at radius 2 is 1.71 bits per heavy atom. The summed E-state index contributed by atoms with van der Waals surface area (Å²) in [6.45, 7) is 6.10. The molecule has 2 unspecified atom stereocenters. The van der Waals surface area contributed by atoms with Gasteiger partial charge in [0.15, 0.2) is 6.23 Å². The molecule has 1 N–H and O–H groups in total. The first-order valence-electron chi connectivity index (χ1n) is 10.4. The third-order valence-electron chi connectivity index (χ3n) is 4.61. The number of aliphatic imine (C=N–C) groups is 1. The molecule has 0 aliphatic carbocycles. The maximum Gasteiger partial charge on any atom is 0.317 e. The molecule has 1 saturated heterocycles. The zero-order valence-corrected chi connectivity index (χ0v) is 18.1. The van der Waals surface area contributed by atoms with E-state index < -0.39 is 0 Å². The molecule has 6 nitrogen and oxygen atoms in total. The fraction of sp³-hybridized carbons (Fsp3) is 0.391. The van der Waals surface area contributed by atoms with Crippen LogP contribution in [0.5, 0.6) is 5.75 Å². The summed E-state index contributed by atoms with van der Waals surface area (Å²) in [4.78, 5) is 22.2. The number of carbonyl (C=O) groups is 1. The van der Waals surface area contributed by atoms with Crippen molar-refractivity contribution in [1.82, 2.24) is 10.4 Å². The second kappa shape index (κ2) is 12.8. The van der Waals surface area contributed by atoms with Gasteiger partial charge in [0.2, 0.25) is 0 Å². The Balaban J connectivity index is 0.000000261. The van der Waals surface area contributed by atoms with Crippen LogP contribution in [-0.4, -0.2) is 43.6 Å². The van der Waals surface area contributed by atoms with Crippen molar-refractivity contribution in [3.63, 3.8) is 0 Å². The fourth-order valence-corrected chi connectivity index (χ4v) is 3.12. The van der Waals surface area contributed by atoms with E-state index in [0.29, 0.717) is 29.5 Å². The van der Waals surface area contributed by atoms with E-state index in [-0.39, 0.29) is 17.9 Å². The van der Waals surface area contributed by atoms with Crippen LogP contribution >= 0.6 is 0 Å². The maximum atomic E-state index is 12.8. The molecule has 0 bridgehead atoms. The van der Waals surface area contributed by atoms with Gasteiger partial charge in [-0.25, -0.2) is 19.1 Å². The molecule has 2 atom stereocenters. The summed E-state index contributed by atoms with van der Waals surface area (Å²) in [6, 6.07) is 11.5. The number of ether oxygens (including phenoxy) is 1. The van der Waals surface area contributed by atoms with Gasteiger partial charge < -0.3 is 9.64 Å². The van der Waals surface area contributed by atoms with Crippen molar-refractivity contribution in [2.24, 2.45) is 10.9 Å². The van der Waals surface area contributed by atoms with Crippen LogP contribution in [0.15, 0.2) is 53.5 Å². The number of halogens is 2. The summed E-state index contributed by atoms with van der Waals surface area (Å²) < 4.78 is 30.4. The first kappa shape index (κ1) is 24.4. The molecule has 168 valence electrons. The summed E-state index contributed by atoms with van der Waals surface area (Å²) in [5, 5.41) is 0. The number of carbonyl (C=O) groups excluding carboxylic acids is 1. The van der Waals surface area contributed by atoms with Crippen molar-refractivity contribution >= 4 is 12.3 Å². The van der Waals surface area contributed by atoms with Crippen LogP contribution in [0.2, 0.25) is 0 Å². The van der Waals surface area contributed by atoms with Gasteiger partial charge in [0.05, 0.1) is 0 Å². The number of likely N-dealkylation sites (tertiary alicyclic amines) is 1. The third-order valence-corrected chi connectivity index (χ3v) is 4.61. The van der Waals surface area contributed by atoms with Crippen LogP contribution < -0.4 is 10.2 Å². The van der Waals surface area contributed by atoms with Crippen molar-refractivity contribution in [1.29, 1.82) is 0 Å². The molecule has 2 aliphatic heterocycles. The second-order valence-electron chi connectivity index (χ2n) is 6.93. The van der Waals surface area contributed by atoms with Gasteiger partial charge in [0, 0.05) is 18.0 Å². The van der Waals surface area contributed by atoms with E-state index in [9.17, 15) is 13.6 Å². The molecule has 2 aromatic carbocycles. The van der Waals surface area contributed by atoms with Crippen molar-refractivity contribution < 1.29 is 23.1 Å². The van der Waals surface area contributed by atoms with Gasteiger partial charge in [-0.3, -0.25) is 4.79 Å². The maximum absolute atomic E-state index is 12.8.